The van der Waals surface area contributed by atoms with Crippen LogP contribution in [0.15, 0.2) is 47.2 Å². The van der Waals surface area contributed by atoms with Crippen LogP contribution < -0.4 is 15.0 Å². The molecule has 0 unspecified atom stereocenters. The molecule has 2 amide bonds. The van der Waals surface area contributed by atoms with Gasteiger partial charge in [-0.3, -0.25) is 9.69 Å². The number of amides is 2. The molecule has 2 saturated carbocycles. The average molecular weight is 659 g/mol. The van der Waals surface area contributed by atoms with Crippen LogP contribution in [0.1, 0.15) is 94.1 Å². The van der Waals surface area contributed by atoms with Gasteiger partial charge in [0.15, 0.2) is 5.89 Å². The molecule has 0 bridgehead atoms. The van der Waals surface area contributed by atoms with Crippen molar-refractivity contribution in [1.82, 2.24) is 15.3 Å². The maximum Gasteiger partial charge on any atom is 0.407 e. The van der Waals surface area contributed by atoms with E-state index in [2.05, 4.69) is 35.4 Å². The van der Waals surface area contributed by atoms with Crippen molar-refractivity contribution in [2.24, 2.45) is 11.8 Å². The number of methoxy groups -OCH3 is 1. The highest BCUT2D eigenvalue weighted by atomic mass is 16.6. The number of rotatable bonds is 10. The third-order valence-corrected chi connectivity index (χ3v) is 10.5. The van der Waals surface area contributed by atoms with E-state index in [4.69, 9.17) is 23.6 Å². The summed E-state index contributed by atoms with van der Waals surface area (Å²) < 4.78 is 22.3. The Labute approximate surface area is 283 Å². The summed E-state index contributed by atoms with van der Waals surface area (Å²) >= 11 is 0. The number of carbonyl (C=O) groups excluding carboxylic acids is 2. The molecule has 3 heterocycles. The van der Waals surface area contributed by atoms with Crippen LogP contribution in [0.3, 0.4) is 0 Å². The number of ether oxygens (including phenoxy) is 3. The first-order valence-electron chi connectivity index (χ1n) is 17.8. The predicted octanol–water partition coefficient (Wildman–Crippen LogP) is 7.39. The zero-order valence-electron chi connectivity index (χ0n) is 28.6. The Balaban J connectivity index is 1.12. The summed E-state index contributed by atoms with van der Waals surface area (Å²) in [6.45, 7) is 6.06. The molecule has 3 aromatic rings. The standard InChI is InChI=1S/C38H50N4O6/c1-4-36-41-33(24-47-36)30-15-18-39-35(22-30)42(23-26-5-7-27(8-6-26)29-11-14-34(45-3)25(2)21-29)37(43)28-9-12-32(13-10-28)48-38(44)40-31-16-19-46-20-17-31/h11,14-15,18,21-22,24,26-28,31-32H,4-10,12-13,16-17,19-20,23H2,1-3H3,(H,40,44). The Morgan fingerprint density at radius 2 is 1.75 bits per heavy atom. The molecule has 3 fully saturated rings. The summed E-state index contributed by atoms with van der Waals surface area (Å²) in [5.74, 6) is 3.10. The third kappa shape index (κ3) is 8.38. The van der Waals surface area contributed by atoms with Crippen molar-refractivity contribution in [3.05, 3.63) is 59.8 Å². The number of aromatic nitrogens is 2. The maximum absolute atomic E-state index is 14.4. The van der Waals surface area contributed by atoms with Gasteiger partial charge in [-0.2, -0.15) is 0 Å². The van der Waals surface area contributed by atoms with Gasteiger partial charge < -0.3 is 23.9 Å². The molecular weight excluding hydrogens is 608 g/mol. The van der Waals surface area contributed by atoms with Gasteiger partial charge >= 0.3 is 6.09 Å². The molecule has 0 atom stereocenters. The first kappa shape index (κ1) is 34.0. The van der Waals surface area contributed by atoms with Gasteiger partial charge in [-0.1, -0.05) is 19.1 Å². The van der Waals surface area contributed by atoms with Crippen LogP contribution in [0.4, 0.5) is 10.6 Å². The molecule has 1 saturated heterocycles. The van der Waals surface area contributed by atoms with Gasteiger partial charge in [-0.05, 0) is 112 Å². The SMILES string of the molecule is CCc1nc(-c2ccnc(N(CC3CCC(c4ccc(OC)c(C)c4)CC3)C(=O)C3CCC(OC(=O)NC4CCOCC4)CC3)c2)co1. The van der Waals surface area contributed by atoms with E-state index in [0.29, 0.717) is 75.4 Å². The molecule has 10 heteroatoms. The predicted molar refractivity (Wildman–Crippen MR) is 183 cm³/mol. The Bertz CT molecular complexity index is 1520. The maximum atomic E-state index is 14.4. The second kappa shape index (κ2) is 16.0. The topological polar surface area (TPSA) is 116 Å². The number of hydrogen-bond acceptors (Lipinski definition) is 8. The van der Waals surface area contributed by atoms with Crippen molar-refractivity contribution in [1.29, 1.82) is 0 Å². The Hall–Kier alpha value is -3.92. The number of aryl methyl sites for hydroxylation is 2. The van der Waals surface area contributed by atoms with E-state index < -0.39 is 0 Å². The number of nitrogens with zero attached hydrogens (tertiary/aromatic N) is 3. The zero-order chi connectivity index (χ0) is 33.5. The summed E-state index contributed by atoms with van der Waals surface area (Å²) in [7, 11) is 1.71. The monoisotopic (exact) mass is 658 g/mol. The van der Waals surface area contributed by atoms with E-state index in [0.717, 1.165) is 61.1 Å². The largest absolute Gasteiger partial charge is 0.496 e. The smallest absolute Gasteiger partial charge is 0.407 e. The number of alkyl carbamates (subject to hydrolysis) is 1. The van der Waals surface area contributed by atoms with Crippen LogP contribution in [0.25, 0.3) is 11.3 Å². The van der Waals surface area contributed by atoms with Gasteiger partial charge in [0, 0.05) is 49.9 Å². The first-order chi connectivity index (χ1) is 23.4. The summed E-state index contributed by atoms with van der Waals surface area (Å²) in [5.41, 5.74) is 4.16. The van der Waals surface area contributed by atoms with Gasteiger partial charge in [0.05, 0.1) is 7.11 Å². The number of pyridine rings is 1. The summed E-state index contributed by atoms with van der Waals surface area (Å²) in [6, 6.07) is 10.5. The lowest BCUT2D eigenvalue weighted by Gasteiger charge is -2.36. The average Bonchev–Trinajstić information content (AvgIpc) is 3.61. The van der Waals surface area contributed by atoms with Gasteiger partial charge in [-0.25, -0.2) is 14.8 Å². The molecule has 2 aromatic heterocycles. The molecule has 0 spiro atoms. The highest BCUT2D eigenvalue weighted by Crippen LogP contribution is 2.39. The normalized spacial score (nSPS) is 23.3. The van der Waals surface area contributed by atoms with Crippen molar-refractivity contribution in [2.75, 3.05) is 31.8 Å². The molecular formula is C38H50N4O6. The number of hydrogen-bond donors (Lipinski definition) is 1. The Morgan fingerprint density at radius 1 is 0.979 bits per heavy atom. The number of anilines is 1. The summed E-state index contributed by atoms with van der Waals surface area (Å²) in [6.07, 6.45) is 12.2. The molecule has 6 rings (SSSR count). The van der Waals surface area contributed by atoms with Crippen LogP contribution >= 0.6 is 0 Å². The number of nitrogens with one attached hydrogen (secondary N) is 1. The van der Waals surface area contributed by atoms with Crippen molar-refractivity contribution < 1.29 is 28.2 Å². The molecule has 1 aliphatic heterocycles. The van der Waals surface area contributed by atoms with E-state index >= 15 is 0 Å². The van der Waals surface area contributed by atoms with Crippen LogP contribution in [0.2, 0.25) is 0 Å². The molecule has 0 radical (unpaired) electrons. The molecule has 10 nitrogen and oxygen atoms in total. The first-order valence-corrected chi connectivity index (χ1v) is 17.8. The minimum atomic E-state index is -0.362. The lowest BCUT2D eigenvalue weighted by atomic mass is 9.78. The molecule has 258 valence electrons. The van der Waals surface area contributed by atoms with E-state index in [1.165, 1.54) is 5.56 Å². The van der Waals surface area contributed by atoms with Gasteiger partial charge in [-0.15, -0.1) is 0 Å². The van der Waals surface area contributed by atoms with Crippen LogP contribution in [0, 0.1) is 18.8 Å². The van der Waals surface area contributed by atoms with Crippen molar-refractivity contribution >= 4 is 17.8 Å². The second-order valence-corrected chi connectivity index (χ2v) is 13.7. The number of carbonyl (C=O) groups is 2. The number of oxazole rings is 1. The zero-order valence-corrected chi connectivity index (χ0v) is 28.6. The molecule has 1 N–H and O–H groups in total. The Kier molecular flexibility index (Phi) is 11.3. The highest BCUT2D eigenvalue weighted by molar-refractivity contribution is 5.94. The second-order valence-electron chi connectivity index (χ2n) is 13.7. The fourth-order valence-electron chi connectivity index (χ4n) is 7.56. The van der Waals surface area contributed by atoms with Gasteiger partial charge in [0.2, 0.25) is 5.91 Å². The minimum Gasteiger partial charge on any atom is -0.496 e. The van der Waals surface area contributed by atoms with Gasteiger partial charge in [0.25, 0.3) is 0 Å². The van der Waals surface area contributed by atoms with Crippen LogP contribution in [0.5, 0.6) is 5.75 Å². The molecule has 3 aliphatic rings. The molecule has 2 aliphatic carbocycles. The quantitative estimate of drug-likeness (QED) is 0.240. The Morgan fingerprint density at radius 3 is 2.44 bits per heavy atom. The van der Waals surface area contributed by atoms with E-state index in [-0.39, 0.29) is 30.1 Å². The minimum absolute atomic E-state index is 0.0992. The number of benzene rings is 1. The van der Waals surface area contributed by atoms with Crippen molar-refractivity contribution in [2.45, 2.75) is 103 Å². The fourth-order valence-corrected chi connectivity index (χ4v) is 7.56. The van der Waals surface area contributed by atoms with Crippen LogP contribution in [-0.2, 0) is 20.7 Å². The lowest BCUT2D eigenvalue weighted by molar-refractivity contribution is -0.124. The fraction of sp³-hybridized carbons (Fsp3) is 0.579. The van der Waals surface area contributed by atoms with E-state index in [1.807, 2.05) is 24.0 Å². The van der Waals surface area contributed by atoms with E-state index in [1.54, 1.807) is 19.6 Å². The molecule has 48 heavy (non-hydrogen) atoms. The third-order valence-electron chi connectivity index (χ3n) is 10.5. The van der Waals surface area contributed by atoms with E-state index in [9.17, 15) is 9.59 Å². The molecule has 1 aromatic carbocycles. The summed E-state index contributed by atoms with van der Waals surface area (Å²) in [5, 5.41) is 2.99. The van der Waals surface area contributed by atoms with Crippen molar-refractivity contribution in [3.8, 4) is 17.0 Å². The van der Waals surface area contributed by atoms with Gasteiger partial charge in [0.1, 0.15) is 29.6 Å². The van der Waals surface area contributed by atoms with Crippen molar-refractivity contribution in [3.63, 3.8) is 0 Å². The lowest BCUT2D eigenvalue weighted by Crippen LogP contribution is -2.43. The highest BCUT2D eigenvalue weighted by Gasteiger charge is 2.34. The summed E-state index contributed by atoms with van der Waals surface area (Å²) in [4.78, 5) is 38.2. The van der Waals surface area contributed by atoms with Crippen LogP contribution in [-0.4, -0.2) is 61.0 Å².